The summed E-state index contributed by atoms with van der Waals surface area (Å²) < 4.78 is 6.93. The second kappa shape index (κ2) is 9.63. The second-order valence-corrected chi connectivity index (χ2v) is 10.9. The summed E-state index contributed by atoms with van der Waals surface area (Å²) in [6, 6.07) is 16.7. The molecular formula is C31H33N3O4. The Balaban J connectivity index is 1.30. The van der Waals surface area contributed by atoms with E-state index in [2.05, 4.69) is 38.0 Å². The van der Waals surface area contributed by atoms with Gasteiger partial charge >= 0.3 is 5.97 Å². The van der Waals surface area contributed by atoms with Gasteiger partial charge in [0.2, 0.25) is 5.91 Å². The summed E-state index contributed by atoms with van der Waals surface area (Å²) in [4.78, 5) is 26.5. The Morgan fingerprint density at radius 3 is 2.32 bits per heavy atom. The van der Waals surface area contributed by atoms with Gasteiger partial charge in [-0.2, -0.15) is 5.10 Å². The first-order valence-electron chi connectivity index (χ1n) is 12.8. The maximum absolute atomic E-state index is 13.3. The van der Waals surface area contributed by atoms with Crippen LogP contribution in [0.4, 0.5) is 0 Å². The Bertz CT molecular complexity index is 1430. The number of nitrogens with zero attached hydrogens (tertiary/aromatic N) is 3. The van der Waals surface area contributed by atoms with Crippen LogP contribution in [0, 0.1) is 10.8 Å². The van der Waals surface area contributed by atoms with Crippen LogP contribution in [0.2, 0.25) is 0 Å². The fourth-order valence-electron chi connectivity index (χ4n) is 6.00. The maximum atomic E-state index is 13.3. The number of carbonyl (C=O) groups is 2. The largest absolute Gasteiger partial charge is 0.497 e. The number of amides is 1. The number of hydrogen-bond acceptors (Lipinski definition) is 4. The minimum Gasteiger partial charge on any atom is -0.497 e. The number of aromatic carboxylic acids is 1. The third kappa shape index (κ3) is 4.64. The number of benzene rings is 2. The van der Waals surface area contributed by atoms with Crippen molar-refractivity contribution in [1.29, 1.82) is 0 Å². The highest BCUT2D eigenvalue weighted by Crippen LogP contribution is 2.55. The average Bonchev–Trinajstić information content (AvgIpc) is 3.36. The molecule has 0 bridgehead atoms. The van der Waals surface area contributed by atoms with E-state index in [1.165, 1.54) is 11.1 Å². The molecule has 1 aliphatic carbocycles. The lowest BCUT2D eigenvalue weighted by molar-refractivity contribution is -0.133. The van der Waals surface area contributed by atoms with Crippen molar-refractivity contribution in [3.63, 3.8) is 0 Å². The predicted molar refractivity (Wildman–Crippen MR) is 147 cm³/mol. The fraction of sp³-hybridized carbons (Fsp3) is 0.323. The summed E-state index contributed by atoms with van der Waals surface area (Å²) in [5.74, 6) is -0.0890. The molecule has 2 aliphatic rings. The smallest absolute Gasteiger partial charge is 0.335 e. The molecule has 0 saturated heterocycles. The lowest BCUT2D eigenvalue weighted by atomic mass is 9.58. The molecule has 1 amide bonds. The highest BCUT2D eigenvalue weighted by molar-refractivity contribution is 5.88. The van der Waals surface area contributed by atoms with Crippen LogP contribution in [0.25, 0.3) is 16.8 Å². The van der Waals surface area contributed by atoms with Gasteiger partial charge in [-0.05, 0) is 60.0 Å². The van der Waals surface area contributed by atoms with Crippen molar-refractivity contribution in [2.75, 3.05) is 20.2 Å². The van der Waals surface area contributed by atoms with Crippen LogP contribution in [-0.4, -0.2) is 51.9 Å². The molecule has 2 aromatic carbocycles. The SMILES string of the molecule is COc1ccc(-c2ccn(CC(=O)N3CC=C4C(C)(C)C(c5ccc(C(=O)O)cc5)=CC[C@]4(C)C3)n2)cc1. The number of allylic oxidation sites excluding steroid dienone is 2. The van der Waals surface area contributed by atoms with Crippen molar-refractivity contribution >= 4 is 17.4 Å². The zero-order chi connectivity index (χ0) is 27.1. The third-order valence-electron chi connectivity index (χ3n) is 7.93. The van der Waals surface area contributed by atoms with Crippen LogP contribution < -0.4 is 4.74 Å². The van der Waals surface area contributed by atoms with Crippen molar-refractivity contribution in [1.82, 2.24) is 14.7 Å². The number of carboxylic acids is 1. The van der Waals surface area contributed by atoms with E-state index in [0.29, 0.717) is 13.1 Å². The van der Waals surface area contributed by atoms with Crippen LogP contribution >= 0.6 is 0 Å². The minimum atomic E-state index is -0.923. The zero-order valence-electron chi connectivity index (χ0n) is 22.3. The molecule has 3 aromatic rings. The summed E-state index contributed by atoms with van der Waals surface area (Å²) in [6.07, 6.45) is 7.13. The first-order chi connectivity index (χ1) is 18.1. The van der Waals surface area contributed by atoms with Crippen LogP contribution in [0.1, 0.15) is 43.1 Å². The summed E-state index contributed by atoms with van der Waals surface area (Å²) in [6.45, 7) is 8.07. The Labute approximate surface area is 223 Å². The molecule has 1 aromatic heterocycles. The first-order valence-corrected chi connectivity index (χ1v) is 12.8. The molecule has 0 spiro atoms. The molecule has 7 nitrogen and oxygen atoms in total. The number of rotatable bonds is 6. The average molecular weight is 512 g/mol. The fourth-order valence-corrected chi connectivity index (χ4v) is 6.00. The topological polar surface area (TPSA) is 84.7 Å². The van der Waals surface area contributed by atoms with Gasteiger partial charge in [-0.1, -0.05) is 50.6 Å². The summed E-state index contributed by atoms with van der Waals surface area (Å²) in [5.41, 5.74) is 5.23. The molecule has 0 saturated carbocycles. The summed E-state index contributed by atoms with van der Waals surface area (Å²) in [5, 5.41) is 13.9. The van der Waals surface area contributed by atoms with Crippen molar-refractivity contribution in [3.05, 3.63) is 89.6 Å². The molecule has 7 heteroatoms. The predicted octanol–water partition coefficient (Wildman–Crippen LogP) is 5.55. The molecule has 1 N–H and O–H groups in total. The standard InChI is InChI=1S/C31H33N3O4/c1-30(2)25(21-5-7-23(8-6-21)29(36)37)13-16-31(3)20-33(17-15-27(30)31)28(35)19-34-18-14-26(32-34)22-9-11-24(38-4)12-10-22/h5-15,18H,16-17,19-20H2,1-4H3,(H,36,37)/t31-/m1/s1. The quantitative estimate of drug-likeness (QED) is 0.439. The van der Waals surface area contributed by atoms with E-state index < -0.39 is 5.97 Å². The second-order valence-electron chi connectivity index (χ2n) is 10.9. The molecule has 2 heterocycles. The number of ether oxygens (including phenoxy) is 1. The van der Waals surface area contributed by atoms with E-state index in [9.17, 15) is 14.7 Å². The monoisotopic (exact) mass is 511 g/mol. The summed E-state index contributed by atoms with van der Waals surface area (Å²) >= 11 is 0. The number of methoxy groups -OCH3 is 1. The van der Waals surface area contributed by atoms with Crippen LogP contribution in [0.3, 0.4) is 0 Å². The Morgan fingerprint density at radius 1 is 0.974 bits per heavy atom. The molecule has 196 valence electrons. The molecule has 38 heavy (non-hydrogen) atoms. The zero-order valence-corrected chi connectivity index (χ0v) is 22.3. The van der Waals surface area contributed by atoms with Crippen LogP contribution in [-0.2, 0) is 11.3 Å². The lowest BCUT2D eigenvalue weighted by Crippen LogP contribution is -2.49. The Morgan fingerprint density at radius 2 is 1.66 bits per heavy atom. The number of aromatic nitrogens is 2. The lowest BCUT2D eigenvalue weighted by Gasteiger charge is -2.50. The first kappa shape index (κ1) is 25.5. The van der Waals surface area contributed by atoms with Crippen molar-refractivity contribution in [3.8, 4) is 17.0 Å². The van der Waals surface area contributed by atoms with E-state index in [1.807, 2.05) is 53.6 Å². The van der Waals surface area contributed by atoms with Crippen LogP contribution in [0.5, 0.6) is 5.75 Å². The van der Waals surface area contributed by atoms with Gasteiger partial charge in [0.05, 0.1) is 18.4 Å². The normalized spacial score (nSPS) is 20.3. The molecule has 0 fully saturated rings. The molecule has 1 atom stereocenters. The molecular weight excluding hydrogens is 478 g/mol. The minimum absolute atomic E-state index is 0.0442. The Kier molecular flexibility index (Phi) is 6.47. The highest BCUT2D eigenvalue weighted by Gasteiger charge is 2.46. The van der Waals surface area contributed by atoms with E-state index in [-0.39, 0.29) is 28.8 Å². The number of fused-ring (bicyclic) bond motifs is 1. The van der Waals surface area contributed by atoms with Gasteiger partial charge < -0.3 is 14.7 Å². The van der Waals surface area contributed by atoms with Gasteiger partial charge in [-0.15, -0.1) is 0 Å². The number of hydrogen-bond donors (Lipinski definition) is 1. The van der Waals surface area contributed by atoms with Gasteiger partial charge in [-0.3, -0.25) is 9.48 Å². The van der Waals surface area contributed by atoms with E-state index >= 15 is 0 Å². The molecule has 0 radical (unpaired) electrons. The Hall–Kier alpha value is -4.13. The highest BCUT2D eigenvalue weighted by atomic mass is 16.5. The van der Waals surface area contributed by atoms with Gasteiger partial charge in [0.1, 0.15) is 12.3 Å². The van der Waals surface area contributed by atoms with Crippen molar-refractivity contribution in [2.24, 2.45) is 10.8 Å². The summed E-state index contributed by atoms with van der Waals surface area (Å²) in [7, 11) is 1.64. The molecule has 1 aliphatic heterocycles. The van der Waals surface area contributed by atoms with Gasteiger partial charge in [0, 0.05) is 35.7 Å². The van der Waals surface area contributed by atoms with Crippen LogP contribution in [0.15, 0.2) is 78.5 Å². The van der Waals surface area contributed by atoms with Gasteiger partial charge in [0.25, 0.3) is 0 Å². The van der Waals surface area contributed by atoms with Crippen molar-refractivity contribution < 1.29 is 19.4 Å². The van der Waals surface area contributed by atoms with Crippen molar-refractivity contribution in [2.45, 2.75) is 33.7 Å². The maximum Gasteiger partial charge on any atom is 0.335 e. The van der Waals surface area contributed by atoms with E-state index in [0.717, 1.165) is 29.0 Å². The molecule has 5 rings (SSSR count). The third-order valence-corrected chi connectivity index (χ3v) is 7.93. The van der Waals surface area contributed by atoms with Gasteiger partial charge in [0.15, 0.2) is 0 Å². The van der Waals surface area contributed by atoms with E-state index in [1.54, 1.807) is 23.9 Å². The van der Waals surface area contributed by atoms with Gasteiger partial charge in [-0.25, -0.2) is 4.79 Å². The van der Waals surface area contributed by atoms with E-state index in [4.69, 9.17) is 4.74 Å². The number of carboxylic acid groups (broad SMARTS) is 1. The number of carbonyl (C=O) groups excluding carboxylic acids is 1. The molecule has 0 unspecified atom stereocenters.